The van der Waals surface area contributed by atoms with E-state index in [0.717, 1.165) is 24.8 Å². The summed E-state index contributed by atoms with van der Waals surface area (Å²) < 4.78 is 1.94. The van der Waals surface area contributed by atoms with Crippen molar-refractivity contribution < 1.29 is 9.90 Å². The number of carbonyl (C=O) groups excluding carboxylic acids is 1. The molecule has 2 N–H and O–H groups in total. The molecule has 0 saturated heterocycles. The predicted molar refractivity (Wildman–Crippen MR) is 81.1 cm³/mol. The minimum Gasteiger partial charge on any atom is -0.394 e. The van der Waals surface area contributed by atoms with E-state index in [2.05, 4.69) is 5.32 Å². The number of nitrogens with zero attached hydrogens (tertiary/aromatic N) is 1. The maximum Gasteiger partial charge on any atom is 0.268 e. The molecule has 4 nitrogen and oxygen atoms in total. The zero-order valence-electron chi connectivity index (χ0n) is 12.0. The average Bonchev–Trinajstić information content (AvgIpc) is 2.92. The molecule has 0 atom stereocenters. The van der Waals surface area contributed by atoms with Gasteiger partial charge in [0.2, 0.25) is 0 Å². The Bertz CT molecular complexity index is 609. The summed E-state index contributed by atoms with van der Waals surface area (Å²) in [5.74, 6) is -0.107. The monoisotopic (exact) mass is 284 g/mol. The molecule has 2 aromatic rings. The van der Waals surface area contributed by atoms with E-state index in [0.29, 0.717) is 12.2 Å². The molecule has 1 aromatic carbocycles. The molecule has 0 bridgehead atoms. The second kappa shape index (κ2) is 5.74. The van der Waals surface area contributed by atoms with Crippen molar-refractivity contribution in [3.05, 3.63) is 59.9 Å². The van der Waals surface area contributed by atoms with E-state index in [1.54, 1.807) is 0 Å². The molecule has 1 aromatic heterocycles. The summed E-state index contributed by atoms with van der Waals surface area (Å²) in [6, 6.07) is 13.8. The summed E-state index contributed by atoms with van der Waals surface area (Å²) in [6.07, 6.45) is 4.68. The van der Waals surface area contributed by atoms with E-state index in [9.17, 15) is 9.90 Å². The Morgan fingerprint density at radius 1 is 1.19 bits per heavy atom. The fourth-order valence-corrected chi connectivity index (χ4v) is 2.77. The first-order chi connectivity index (χ1) is 10.2. The van der Waals surface area contributed by atoms with E-state index in [4.69, 9.17) is 0 Å². The summed E-state index contributed by atoms with van der Waals surface area (Å²) in [7, 11) is 0. The van der Waals surface area contributed by atoms with Crippen LogP contribution in [-0.4, -0.2) is 27.7 Å². The molecule has 1 heterocycles. The molecular formula is C17H20N2O2. The lowest BCUT2D eigenvalue weighted by molar-refractivity contribution is 0.0634. The standard InChI is InChI=1S/C17H20N2O2/c20-13-17(9-5-10-17)18-16(21)15-8-4-11-19(15)12-14-6-2-1-3-7-14/h1-4,6-8,11,20H,5,9-10,12-13H2,(H,18,21). The van der Waals surface area contributed by atoms with Crippen LogP contribution in [0.25, 0.3) is 0 Å². The second-order valence-corrected chi connectivity index (χ2v) is 5.75. The van der Waals surface area contributed by atoms with Gasteiger partial charge in [-0.1, -0.05) is 30.3 Å². The molecule has 1 aliphatic rings. The van der Waals surface area contributed by atoms with Crippen LogP contribution < -0.4 is 5.32 Å². The van der Waals surface area contributed by atoms with E-state index < -0.39 is 5.54 Å². The van der Waals surface area contributed by atoms with Gasteiger partial charge in [0, 0.05) is 12.7 Å². The maximum absolute atomic E-state index is 12.4. The van der Waals surface area contributed by atoms with Crippen molar-refractivity contribution in [2.45, 2.75) is 31.3 Å². The topological polar surface area (TPSA) is 54.3 Å². The summed E-state index contributed by atoms with van der Waals surface area (Å²) in [6.45, 7) is 0.681. The van der Waals surface area contributed by atoms with Crippen LogP contribution in [0.1, 0.15) is 35.3 Å². The number of hydrogen-bond acceptors (Lipinski definition) is 2. The quantitative estimate of drug-likeness (QED) is 0.884. The SMILES string of the molecule is O=C(NC1(CO)CCC1)c1cccn1Cc1ccccc1. The maximum atomic E-state index is 12.4. The predicted octanol–water partition coefficient (Wildman–Crippen LogP) is 2.18. The molecule has 110 valence electrons. The molecule has 1 aliphatic carbocycles. The van der Waals surface area contributed by atoms with Crippen molar-refractivity contribution in [3.8, 4) is 0 Å². The van der Waals surface area contributed by atoms with Gasteiger partial charge in [0.1, 0.15) is 5.69 Å². The normalized spacial score (nSPS) is 16.2. The van der Waals surface area contributed by atoms with Crippen LogP contribution in [0.3, 0.4) is 0 Å². The third kappa shape index (κ3) is 2.85. The van der Waals surface area contributed by atoms with Gasteiger partial charge in [0.25, 0.3) is 5.91 Å². The molecule has 0 radical (unpaired) electrons. The molecular weight excluding hydrogens is 264 g/mol. The fraction of sp³-hybridized carbons (Fsp3) is 0.353. The van der Waals surface area contributed by atoms with Crippen LogP contribution in [0, 0.1) is 0 Å². The number of aliphatic hydroxyl groups is 1. The molecule has 3 rings (SSSR count). The highest BCUT2D eigenvalue weighted by Gasteiger charge is 2.38. The number of carbonyl (C=O) groups is 1. The summed E-state index contributed by atoms with van der Waals surface area (Å²) >= 11 is 0. The van der Waals surface area contributed by atoms with Gasteiger partial charge >= 0.3 is 0 Å². The molecule has 0 unspecified atom stereocenters. The van der Waals surface area contributed by atoms with E-state index in [1.807, 2.05) is 53.2 Å². The molecule has 21 heavy (non-hydrogen) atoms. The van der Waals surface area contributed by atoms with Crippen LogP contribution in [0.4, 0.5) is 0 Å². The minimum atomic E-state index is -0.404. The highest BCUT2D eigenvalue weighted by atomic mass is 16.3. The number of amides is 1. The van der Waals surface area contributed by atoms with Crippen LogP contribution in [-0.2, 0) is 6.54 Å². The van der Waals surface area contributed by atoms with Crippen molar-refractivity contribution >= 4 is 5.91 Å². The van der Waals surface area contributed by atoms with Crippen molar-refractivity contribution in [2.75, 3.05) is 6.61 Å². The first-order valence-corrected chi connectivity index (χ1v) is 7.35. The molecule has 0 aliphatic heterocycles. The smallest absolute Gasteiger partial charge is 0.268 e. The van der Waals surface area contributed by atoms with Gasteiger partial charge in [-0.15, -0.1) is 0 Å². The van der Waals surface area contributed by atoms with Crippen LogP contribution in [0.5, 0.6) is 0 Å². The third-order valence-electron chi connectivity index (χ3n) is 4.25. The Balaban J connectivity index is 1.74. The largest absolute Gasteiger partial charge is 0.394 e. The second-order valence-electron chi connectivity index (χ2n) is 5.75. The van der Waals surface area contributed by atoms with Gasteiger partial charge in [0.15, 0.2) is 0 Å². The highest BCUT2D eigenvalue weighted by Crippen LogP contribution is 2.31. The van der Waals surface area contributed by atoms with Gasteiger partial charge in [-0.25, -0.2) is 0 Å². The zero-order chi connectivity index (χ0) is 14.7. The van der Waals surface area contributed by atoms with E-state index in [1.165, 1.54) is 0 Å². The van der Waals surface area contributed by atoms with Crippen LogP contribution >= 0.6 is 0 Å². The molecule has 4 heteroatoms. The first kappa shape index (κ1) is 13.9. The lowest BCUT2D eigenvalue weighted by Crippen LogP contribution is -2.56. The number of nitrogens with one attached hydrogen (secondary N) is 1. The van der Waals surface area contributed by atoms with Crippen molar-refractivity contribution in [1.82, 2.24) is 9.88 Å². The number of aromatic nitrogens is 1. The van der Waals surface area contributed by atoms with Crippen molar-refractivity contribution in [3.63, 3.8) is 0 Å². The number of rotatable bonds is 5. The number of hydrogen-bond donors (Lipinski definition) is 2. The molecule has 1 amide bonds. The molecule has 1 fully saturated rings. The molecule has 1 saturated carbocycles. The lowest BCUT2D eigenvalue weighted by Gasteiger charge is -2.40. The Hall–Kier alpha value is -2.07. The highest BCUT2D eigenvalue weighted by molar-refractivity contribution is 5.93. The molecule has 0 spiro atoms. The number of aliphatic hydroxyl groups excluding tert-OH is 1. The lowest BCUT2D eigenvalue weighted by atomic mass is 9.77. The number of benzene rings is 1. The fourth-order valence-electron chi connectivity index (χ4n) is 2.77. The van der Waals surface area contributed by atoms with Crippen LogP contribution in [0.2, 0.25) is 0 Å². The van der Waals surface area contributed by atoms with Crippen LogP contribution in [0.15, 0.2) is 48.7 Å². The third-order valence-corrected chi connectivity index (χ3v) is 4.25. The van der Waals surface area contributed by atoms with E-state index >= 15 is 0 Å². The van der Waals surface area contributed by atoms with E-state index in [-0.39, 0.29) is 12.5 Å². The minimum absolute atomic E-state index is 0.0120. The van der Waals surface area contributed by atoms with Gasteiger partial charge in [0.05, 0.1) is 12.1 Å². The Kier molecular flexibility index (Phi) is 3.80. The van der Waals surface area contributed by atoms with Gasteiger partial charge in [-0.2, -0.15) is 0 Å². The Labute approximate surface area is 124 Å². The van der Waals surface area contributed by atoms with Gasteiger partial charge < -0.3 is 15.0 Å². The Morgan fingerprint density at radius 3 is 2.57 bits per heavy atom. The van der Waals surface area contributed by atoms with Crippen molar-refractivity contribution in [2.24, 2.45) is 0 Å². The zero-order valence-corrected chi connectivity index (χ0v) is 12.0. The summed E-state index contributed by atoms with van der Waals surface area (Å²) in [4.78, 5) is 12.4. The van der Waals surface area contributed by atoms with Crippen molar-refractivity contribution in [1.29, 1.82) is 0 Å². The van der Waals surface area contributed by atoms with Gasteiger partial charge in [-0.05, 0) is 37.0 Å². The summed E-state index contributed by atoms with van der Waals surface area (Å²) in [5, 5.41) is 12.5. The first-order valence-electron chi connectivity index (χ1n) is 7.35. The summed E-state index contributed by atoms with van der Waals surface area (Å²) in [5.41, 5.74) is 1.39. The average molecular weight is 284 g/mol. The Morgan fingerprint density at radius 2 is 1.95 bits per heavy atom. The van der Waals surface area contributed by atoms with Gasteiger partial charge in [-0.3, -0.25) is 4.79 Å².